The van der Waals surface area contributed by atoms with Crippen LogP contribution in [0.3, 0.4) is 0 Å². The summed E-state index contributed by atoms with van der Waals surface area (Å²) >= 11 is 0. The average Bonchev–Trinajstić information content (AvgIpc) is 2.24. The van der Waals surface area contributed by atoms with E-state index in [0.717, 1.165) is 12.8 Å². The largest absolute Gasteiger partial charge is 0.393 e. The van der Waals surface area contributed by atoms with Crippen molar-refractivity contribution >= 4 is 12.6 Å². The van der Waals surface area contributed by atoms with Crippen LogP contribution in [0.15, 0.2) is 30.3 Å². The molecule has 0 unspecified atom stereocenters. The van der Waals surface area contributed by atoms with Crippen LogP contribution in [0.4, 0.5) is 0 Å². The Balaban J connectivity index is 2.17. The molecule has 0 radical (unpaired) electrons. The summed E-state index contributed by atoms with van der Waals surface area (Å²) in [5.74, 6) is 0. The normalized spacial score (nSPS) is 32.9. The van der Waals surface area contributed by atoms with E-state index in [1.807, 2.05) is 0 Å². The third kappa shape index (κ3) is 1.99. The third-order valence-corrected chi connectivity index (χ3v) is 7.33. The predicted octanol–water partition coefficient (Wildman–Crippen LogP) is 2.11. The maximum atomic E-state index is 9.51. The zero-order valence-electron chi connectivity index (χ0n) is 8.69. The number of hydrogen-bond donors (Lipinski definition) is 1. The summed E-state index contributed by atoms with van der Waals surface area (Å²) < 4.78 is 0. The van der Waals surface area contributed by atoms with Gasteiger partial charge in [0.25, 0.3) is 0 Å². The van der Waals surface area contributed by atoms with Crippen molar-refractivity contribution in [3.8, 4) is 0 Å². The molecule has 2 rings (SSSR count). The summed E-state index contributed by atoms with van der Waals surface area (Å²) in [7, 11) is -0.913. The van der Waals surface area contributed by atoms with Crippen molar-refractivity contribution in [2.45, 2.75) is 18.9 Å². The minimum atomic E-state index is -0.913. The average molecular weight is 209 g/mol. The topological polar surface area (TPSA) is 20.2 Å². The summed E-state index contributed by atoms with van der Waals surface area (Å²) in [6.45, 7) is 2.42. The van der Waals surface area contributed by atoms with Gasteiger partial charge >= 0.3 is 0 Å². The molecule has 1 aromatic carbocycles. The van der Waals surface area contributed by atoms with Crippen LogP contribution in [0.1, 0.15) is 12.8 Å². The van der Waals surface area contributed by atoms with Crippen molar-refractivity contribution < 1.29 is 5.11 Å². The first-order valence-electron chi connectivity index (χ1n) is 5.29. The Morgan fingerprint density at radius 1 is 1.14 bits per heavy atom. The van der Waals surface area contributed by atoms with Gasteiger partial charge in [0.2, 0.25) is 0 Å². The fraction of sp³-hybridized carbons (Fsp3) is 0.500. The van der Waals surface area contributed by atoms with Crippen molar-refractivity contribution in [1.82, 2.24) is 0 Å². The van der Waals surface area contributed by atoms with Crippen LogP contribution >= 0.6 is 7.26 Å². The second-order valence-electron chi connectivity index (χ2n) is 4.41. The van der Waals surface area contributed by atoms with Gasteiger partial charge in [-0.2, -0.15) is 0 Å². The van der Waals surface area contributed by atoms with Gasteiger partial charge in [-0.05, 0) is 12.1 Å². The van der Waals surface area contributed by atoms with Gasteiger partial charge in [-0.3, -0.25) is 0 Å². The number of aliphatic hydroxyl groups is 1. The Bertz CT molecular complexity index is 288. The van der Waals surface area contributed by atoms with E-state index in [1.54, 1.807) is 0 Å². The molecule has 1 N–H and O–H groups in total. The number of hydrogen-bond acceptors (Lipinski definition) is 1. The molecule has 1 nitrogen and oxygen atoms in total. The monoisotopic (exact) mass is 209 g/mol. The van der Waals surface area contributed by atoms with Gasteiger partial charge in [0.05, 0.1) is 30.4 Å². The molecule has 0 atom stereocenters. The minimum Gasteiger partial charge on any atom is -0.393 e. The Labute approximate surface area is 86.5 Å². The lowest BCUT2D eigenvalue weighted by atomic mass is 10.2. The van der Waals surface area contributed by atoms with E-state index in [0.29, 0.717) is 0 Å². The van der Waals surface area contributed by atoms with E-state index >= 15 is 0 Å². The SMILES string of the molecule is C[P+]1(c2ccccc2)CCC(O)CC1. The second-order valence-corrected chi connectivity index (χ2v) is 8.61. The highest BCUT2D eigenvalue weighted by molar-refractivity contribution is 7.82. The van der Waals surface area contributed by atoms with Crippen LogP contribution < -0.4 is 5.30 Å². The van der Waals surface area contributed by atoms with Crippen LogP contribution in [0.2, 0.25) is 0 Å². The molecule has 1 aliphatic rings. The van der Waals surface area contributed by atoms with E-state index in [-0.39, 0.29) is 6.10 Å². The first kappa shape index (κ1) is 10.1. The van der Waals surface area contributed by atoms with Gasteiger partial charge < -0.3 is 5.11 Å². The molecule has 1 aromatic rings. The second kappa shape index (κ2) is 4.00. The van der Waals surface area contributed by atoms with E-state index in [4.69, 9.17) is 0 Å². The van der Waals surface area contributed by atoms with E-state index in [9.17, 15) is 5.11 Å². The summed E-state index contributed by atoms with van der Waals surface area (Å²) in [6.07, 6.45) is 4.40. The molecule has 2 heteroatoms. The van der Waals surface area contributed by atoms with Crippen molar-refractivity contribution in [2.75, 3.05) is 19.0 Å². The summed E-state index contributed by atoms with van der Waals surface area (Å²) in [4.78, 5) is 0. The Morgan fingerprint density at radius 3 is 2.29 bits per heavy atom. The number of aliphatic hydroxyl groups excluding tert-OH is 1. The van der Waals surface area contributed by atoms with Crippen LogP contribution in [-0.2, 0) is 0 Å². The fourth-order valence-corrected chi connectivity index (χ4v) is 5.54. The van der Waals surface area contributed by atoms with Crippen LogP contribution in [0, 0.1) is 0 Å². The van der Waals surface area contributed by atoms with Crippen molar-refractivity contribution in [2.24, 2.45) is 0 Å². The summed E-state index contributed by atoms with van der Waals surface area (Å²) in [5.41, 5.74) is 0. The quantitative estimate of drug-likeness (QED) is 0.702. The molecule has 1 saturated heterocycles. The van der Waals surface area contributed by atoms with Gasteiger partial charge in [-0.25, -0.2) is 0 Å². The van der Waals surface area contributed by atoms with Crippen LogP contribution in [0.25, 0.3) is 0 Å². The van der Waals surface area contributed by atoms with Crippen molar-refractivity contribution in [3.05, 3.63) is 30.3 Å². The van der Waals surface area contributed by atoms with Crippen molar-refractivity contribution in [3.63, 3.8) is 0 Å². The predicted molar refractivity (Wildman–Crippen MR) is 63.9 cm³/mol. The molecule has 0 bridgehead atoms. The highest BCUT2D eigenvalue weighted by atomic mass is 31.2. The molecule has 76 valence electrons. The van der Waals surface area contributed by atoms with E-state index < -0.39 is 7.26 Å². The molecule has 0 amide bonds. The maximum Gasteiger partial charge on any atom is 0.0936 e. The molecular weight excluding hydrogens is 191 g/mol. The van der Waals surface area contributed by atoms with Crippen LogP contribution in [0.5, 0.6) is 0 Å². The third-order valence-electron chi connectivity index (χ3n) is 3.29. The summed E-state index contributed by atoms with van der Waals surface area (Å²) in [6, 6.07) is 10.8. The van der Waals surface area contributed by atoms with Crippen molar-refractivity contribution in [1.29, 1.82) is 0 Å². The molecule has 1 fully saturated rings. The zero-order chi connectivity index (χ0) is 10.0. The van der Waals surface area contributed by atoms with Gasteiger partial charge in [-0.1, -0.05) is 18.2 Å². The molecule has 1 aliphatic heterocycles. The smallest absolute Gasteiger partial charge is 0.0936 e. The first-order chi connectivity index (χ1) is 6.71. The van der Waals surface area contributed by atoms with Crippen LogP contribution in [-0.4, -0.2) is 30.2 Å². The highest BCUT2D eigenvalue weighted by Gasteiger charge is 2.38. The maximum absolute atomic E-state index is 9.51. The molecular formula is C12H18OP+. The van der Waals surface area contributed by atoms with Gasteiger partial charge in [0.1, 0.15) is 0 Å². The molecule has 0 saturated carbocycles. The Morgan fingerprint density at radius 2 is 1.71 bits per heavy atom. The molecule has 0 aromatic heterocycles. The highest BCUT2D eigenvalue weighted by Crippen LogP contribution is 2.57. The lowest BCUT2D eigenvalue weighted by Crippen LogP contribution is -2.26. The number of rotatable bonds is 1. The lowest BCUT2D eigenvalue weighted by Gasteiger charge is -2.29. The van der Waals surface area contributed by atoms with Gasteiger partial charge in [0.15, 0.2) is 0 Å². The lowest BCUT2D eigenvalue weighted by molar-refractivity contribution is 0.164. The Hall–Kier alpha value is -0.390. The standard InChI is InChI=1S/C12H18OP/c1-14(9-7-11(13)8-10-14)12-5-3-2-4-6-12/h2-6,11,13H,7-10H2,1H3/q+1. The molecule has 0 aliphatic carbocycles. The first-order valence-corrected chi connectivity index (χ1v) is 7.90. The fourth-order valence-electron chi connectivity index (χ4n) is 2.17. The molecule has 14 heavy (non-hydrogen) atoms. The summed E-state index contributed by atoms with van der Waals surface area (Å²) in [5, 5.41) is 11.0. The minimum absolute atomic E-state index is 0.0354. The van der Waals surface area contributed by atoms with Gasteiger partial charge in [-0.15, -0.1) is 0 Å². The molecule has 0 spiro atoms. The zero-order valence-corrected chi connectivity index (χ0v) is 9.58. The van der Waals surface area contributed by atoms with E-state index in [2.05, 4.69) is 37.0 Å². The molecule has 1 heterocycles. The number of benzene rings is 1. The van der Waals surface area contributed by atoms with Gasteiger partial charge in [0, 0.05) is 20.1 Å². The Kier molecular flexibility index (Phi) is 2.90. The van der Waals surface area contributed by atoms with E-state index in [1.165, 1.54) is 17.6 Å².